The maximum atomic E-state index is 9.26. The summed E-state index contributed by atoms with van der Waals surface area (Å²) in [4.78, 5) is 0. The van der Waals surface area contributed by atoms with Crippen LogP contribution in [0.2, 0.25) is 0 Å². The summed E-state index contributed by atoms with van der Waals surface area (Å²) in [5.41, 5.74) is 1.25. The molecular formula is C14H24NO2+. The SMILES string of the molecule is CC(C)[N+](CCO)(CCO)Cc1ccccc1. The Morgan fingerprint density at radius 2 is 1.53 bits per heavy atom. The molecule has 1 rings (SSSR count). The first-order chi connectivity index (χ1) is 8.14. The van der Waals surface area contributed by atoms with Crippen molar-refractivity contribution in [3.63, 3.8) is 0 Å². The summed E-state index contributed by atoms with van der Waals surface area (Å²) in [5.74, 6) is 0. The van der Waals surface area contributed by atoms with Crippen LogP contribution in [0.25, 0.3) is 0 Å². The van der Waals surface area contributed by atoms with E-state index < -0.39 is 0 Å². The second kappa shape index (κ2) is 6.74. The molecule has 3 heteroatoms. The fourth-order valence-electron chi connectivity index (χ4n) is 2.31. The quantitative estimate of drug-likeness (QED) is 0.705. The third-order valence-corrected chi connectivity index (χ3v) is 3.53. The lowest BCUT2D eigenvalue weighted by Crippen LogP contribution is -2.55. The minimum atomic E-state index is 0.158. The van der Waals surface area contributed by atoms with Gasteiger partial charge in [0.05, 0.1) is 19.3 Å². The van der Waals surface area contributed by atoms with Gasteiger partial charge in [0.25, 0.3) is 0 Å². The number of nitrogens with zero attached hydrogens (tertiary/aromatic N) is 1. The fraction of sp³-hybridized carbons (Fsp3) is 0.571. The molecule has 0 unspecified atom stereocenters. The van der Waals surface area contributed by atoms with E-state index >= 15 is 0 Å². The average molecular weight is 238 g/mol. The standard InChI is InChI=1S/C14H24NO2/c1-13(2)15(8-10-16,9-11-17)12-14-6-4-3-5-7-14/h3-7,13,16-17H,8-12H2,1-2H3/q+1. The lowest BCUT2D eigenvalue weighted by molar-refractivity contribution is -0.960. The van der Waals surface area contributed by atoms with Crippen LogP contribution >= 0.6 is 0 Å². The Kier molecular flexibility index (Phi) is 5.62. The second-order valence-electron chi connectivity index (χ2n) is 4.85. The number of hydrogen-bond donors (Lipinski definition) is 2. The van der Waals surface area contributed by atoms with Crippen LogP contribution in [-0.4, -0.2) is 47.0 Å². The van der Waals surface area contributed by atoms with Gasteiger partial charge in [-0.05, 0) is 13.8 Å². The largest absolute Gasteiger partial charge is 0.391 e. The molecule has 96 valence electrons. The van der Waals surface area contributed by atoms with E-state index in [9.17, 15) is 10.2 Å². The van der Waals surface area contributed by atoms with Crippen LogP contribution in [0.5, 0.6) is 0 Å². The van der Waals surface area contributed by atoms with Crippen LogP contribution in [0.4, 0.5) is 0 Å². The van der Waals surface area contributed by atoms with Crippen LogP contribution in [0.1, 0.15) is 19.4 Å². The summed E-state index contributed by atoms with van der Waals surface area (Å²) < 4.78 is 0.733. The predicted octanol–water partition coefficient (Wildman–Crippen LogP) is 1.40. The molecule has 0 bridgehead atoms. The van der Waals surface area contributed by atoms with Gasteiger partial charge in [0.1, 0.15) is 19.6 Å². The summed E-state index contributed by atoms with van der Waals surface area (Å²) in [7, 11) is 0. The van der Waals surface area contributed by atoms with Gasteiger partial charge in [0.2, 0.25) is 0 Å². The minimum absolute atomic E-state index is 0.158. The Labute approximate surface area is 104 Å². The maximum Gasteiger partial charge on any atom is 0.105 e. The number of quaternary nitrogens is 1. The highest BCUT2D eigenvalue weighted by Gasteiger charge is 2.30. The molecule has 0 atom stereocenters. The molecule has 0 aliphatic heterocycles. The molecule has 2 N–H and O–H groups in total. The summed E-state index contributed by atoms with van der Waals surface area (Å²) in [6, 6.07) is 10.7. The van der Waals surface area contributed by atoms with Crippen LogP contribution < -0.4 is 0 Å². The number of aliphatic hydroxyl groups is 2. The minimum Gasteiger partial charge on any atom is -0.391 e. The van der Waals surface area contributed by atoms with Crippen LogP contribution in [0.3, 0.4) is 0 Å². The predicted molar refractivity (Wildman–Crippen MR) is 69.4 cm³/mol. The third kappa shape index (κ3) is 3.80. The summed E-state index contributed by atoms with van der Waals surface area (Å²) in [6.45, 7) is 6.85. The Hall–Kier alpha value is -0.900. The second-order valence-corrected chi connectivity index (χ2v) is 4.85. The average Bonchev–Trinajstić information content (AvgIpc) is 2.30. The number of rotatable bonds is 7. The van der Waals surface area contributed by atoms with Crippen LogP contribution in [0, 0.1) is 0 Å². The van der Waals surface area contributed by atoms with E-state index in [-0.39, 0.29) is 13.2 Å². The summed E-state index contributed by atoms with van der Waals surface area (Å²) in [5, 5.41) is 18.5. The van der Waals surface area contributed by atoms with Gasteiger partial charge >= 0.3 is 0 Å². The van der Waals surface area contributed by atoms with E-state index in [2.05, 4.69) is 26.0 Å². The molecule has 1 aromatic rings. The molecule has 0 amide bonds. The Morgan fingerprint density at radius 1 is 1.00 bits per heavy atom. The zero-order valence-corrected chi connectivity index (χ0v) is 10.8. The third-order valence-electron chi connectivity index (χ3n) is 3.53. The number of hydrogen-bond acceptors (Lipinski definition) is 2. The van der Waals surface area contributed by atoms with Crippen molar-refractivity contribution in [1.82, 2.24) is 0 Å². The van der Waals surface area contributed by atoms with Crippen LogP contribution in [0.15, 0.2) is 30.3 Å². The molecule has 17 heavy (non-hydrogen) atoms. The van der Waals surface area contributed by atoms with Gasteiger partial charge in [-0.15, -0.1) is 0 Å². The molecule has 0 radical (unpaired) electrons. The number of aliphatic hydroxyl groups excluding tert-OH is 2. The molecule has 0 saturated carbocycles. The molecule has 0 aromatic heterocycles. The molecule has 0 saturated heterocycles. The van der Waals surface area contributed by atoms with Gasteiger partial charge in [-0.2, -0.15) is 0 Å². The molecule has 0 spiro atoms. The highest BCUT2D eigenvalue weighted by molar-refractivity contribution is 5.13. The number of benzene rings is 1. The first-order valence-corrected chi connectivity index (χ1v) is 6.26. The lowest BCUT2D eigenvalue weighted by atomic mass is 10.1. The molecular weight excluding hydrogens is 214 g/mol. The van der Waals surface area contributed by atoms with Crippen molar-refractivity contribution in [2.24, 2.45) is 0 Å². The van der Waals surface area contributed by atoms with Crippen molar-refractivity contribution in [3.05, 3.63) is 35.9 Å². The maximum absolute atomic E-state index is 9.26. The topological polar surface area (TPSA) is 40.5 Å². The van der Waals surface area contributed by atoms with Gasteiger partial charge < -0.3 is 14.7 Å². The van der Waals surface area contributed by atoms with Gasteiger partial charge in [-0.3, -0.25) is 0 Å². The molecule has 0 fully saturated rings. The van der Waals surface area contributed by atoms with E-state index in [1.54, 1.807) is 0 Å². The Morgan fingerprint density at radius 3 is 1.94 bits per heavy atom. The van der Waals surface area contributed by atoms with Crippen molar-refractivity contribution in [1.29, 1.82) is 0 Å². The van der Waals surface area contributed by atoms with Gasteiger partial charge in [0.15, 0.2) is 0 Å². The van der Waals surface area contributed by atoms with Crippen molar-refractivity contribution in [2.75, 3.05) is 26.3 Å². The van der Waals surface area contributed by atoms with E-state index in [1.807, 2.05) is 18.2 Å². The first kappa shape index (κ1) is 14.2. The van der Waals surface area contributed by atoms with Crippen molar-refractivity contribution in [2.45, 2.75) is 26.4 Å². The molecule has 0 aliphatic carbocycles. The fourth-order valence-corrected chi connectivity index (χ4v) is 2.31. The Bertz CT molecular complexity index is 305. The molecule has 1 aromatic carbocycles. The van der Waals surface area contributed by atoms with Gasteiger partial charge in [-0.1, -0.05) is 30.3 Å². The summed E-state index contributed by atoms with van der Waals surface area (Å²) in [6.07, 6.45) is 0. The lowest BCUT2D eigenvalue weighted by Gasteiger charge is -2.41. The molecule has 0 heterocycles. The normalized spacial score (nSPS) is 12.1. The van der Waals surface area contributed by atoms with Crippen molar-refractivity contribution < 1.29 is 14.7 Å². The highest BCUT2D eigenvalue weighted by atomic mass is 16.3. The summed E-state index contributed by atoms with van der Waals surface area (Å²) >= 11 is 0. The smallest absolute Gasteiger partial charge is 0.105 e. The van der Waals surface area contributed by atoms with Crippen LogP contribution in [-0.2, 0) is 6.54 Å². The Balaban J connectivity index is 2.88. The zero-order chi connectivity index (χ0) is 12.7. The first-order valence-electron chi connectivity index (χ1n) is 6.26. The monoisotopic (exact) mass is 238 g/mol. The van der Waals surface area contributed by atoms with Crippen molar-refractivity contribution >= 4 is 0 Å². The zero-order valence-electron chi connectivity index (χ0n) is 10.8. The van der Waals surface area contributed by atoms with E-state index in [1.165, 1.54) is 5.56 Å². The van der Waals surface area contributed by atoms with E-state index in [0.29, 0.717) is 19.1 Å². The highest BCUT2D eigenvalue weighted by Crippen LogP contribution is 2.18. The van der Waals surface area contributed by atoms with Gasteiger partial charge in [-0.25, -0.2) is 0 Å². The molecule has 3 nitrogen and oxygen atoms in total. The van der Waals surface area contributed by atoms with Crippen molar-refractivity contribution in [3.8, 4) is 0 Å². The van der Waals surface area contributed by atoms with Gasteiger partial charge in [0, 0.05) is 5.56 Å². The van der Waals surface area contributed by atoms with E-state index in [4.69, 9.17) is 0 Å². The van der Waals surface area contributed by atoms with E-state index in [0.717, 1.165) is 11.0 Å². The molecule has 0 aliphatic rings.